The zero-order valence-corrected chi connectivity index (χ0v) is 12.8. The van der Waals surface area contributed by atoms with Crippen LogP contribution in [0.1, 0.15) is 11.6 Å². The molecule has 0 aromatic heterocycles. The third-order valence-electron chi connectivity index (χ3n) is 2.92. The van der Waals surface area contributed by atoms with Crippen molar-refractivity contribution in [3.63, 3.8) is 0 Å². The Morgan fingerprint density at radius 3 is 2.14 bits per heavy atom. The Morgan fingerprint density at radius 1 is 1.19 bits per heavy atom. The summed E-state index contributed by atoms with van der Waals surface area (Å²) in [4.78, 5) is 11.9. The Balaban J connectivity index is 3.30. The average molecular weight is 295 g/mol. The van der Waals surface area contributed by atoms with Gasteiger partial charge in [-0.25, -0.2) is 4.79 Å². The second kappa shape index (κ2) is 8.16. The zero-order valence-electron chi connectivity index (χ0n) is 12.8. The number of carbonyl (C=O) groups excluding carboxylic acids is 1. The number of hydrogen-bond acceptors (Lipinski definition) is 6. The van der Waals surface area contributed by atoms with Crippen LogP contribution in [0, 0.1) is 0 Å². The van der Waals surface area contributed by atoms with Crippen LogP contribution in [0.15, 0.2) is 24.8 Å². The molecule has 0 saturated heterocycles. The molecule has 6 nitrogen and oxygen atoms in total. The molecule has 0 aliphatic rings. The van der Waals surface area contributed by atoms with Crippen molar-refractivity contribution >= 4 is 5.97 Å². The lowest BCUT2D eigenvalue weighted by atomic mass is 10.1. The lowest BCUT2D eigenvalue weighted by molar-refractivity contribution is -0.143. The van der Waals surface area contributed by atoms with Gasteiger partial charge in [0.15, 0.2) is 11.5 Å². The summed E-state index contributed by atoms with van der Waals surface area (Å²) < 4.78 is 20.6. The molecule has 0 bridgehead atoms. The van der Waals surface area contributed by atoms with Crippen LogP contribution in [0.4, 0.5) is 0 Å². The standard InChI is InChI=1S/C15H21NO5/c1-6-7-16-13(15(17)21-5)10-8-11(18-2)14(20-4)12(9-10)19-3/h6,8-9,13,16H,1,7H2,2-5H3. The van der Waals surface area contributed by atoms with E-state index in [0.29, 0.717) is 29.4 Å². The van der Waals surface area contributed by atoms with Crippen molar-refractivity contribution in [2.45, 2.75) is 6.04 Å². The lowest BCUT2D eigenvalue weighted by Gasteiger charge is -2.19. The summed E-state index contributed by atoms with van der Waals surface area (Å²) in [7, 11) is 5.90. The van der Waals surface area contributed by atoms with Gasteiger partial charge >= 0.3 is 5.97 Å². The van der Waals surface area contributed by atoms with Gasteiger partial charge in [-0.15, -0.1) is 6.58 Å². The van der Waals surface area contributed by atoms with E-state index in [4.69, 9.17) is 18.9 Å². The van der Waals surface area contributed by atoms with E-state index in [1.165, 1.54) is 28.4 Å². The van der Waals surface area contributed by atoms with Crippen molar-refractivity contribution in [2.75, 3.05) is 35.0 Å². The Morgan fingerprint density at radius 2 is 1.76 bits per heavy atom. The average Bonchev–Trinajstić information content (AvgIpc) is 2.53. The molecule has 1 unspecified atom stereocenters. The molecule has 0 heterocycles. The molecule has 1 aromatic carbocycles. The minimum atomic E-state index is -0.651. The summed E-state index contributed by atoms with van der Waals surface area (Å²) in [6, 6.07) is 2.76. The molecule has 0 aliphatic heterocycles. The van der Waals surface area contributed by atoms with Crippen LogP contribution in [-0.2, 0) is 9.53 Å². The molecule has 1 N–H and O–H groups in total. The van der Waals surface area contributed by atoms with E-state index in [1.807, 2.05) is 0 Å². The maximum absolute atomic E-state index is 11.9. The summed E-state index contributed by atoms with van der Waals surface area (Å²) in [6.45, 7) is 4.08. The summed E-state index contributed by atoms with van der Waals surface area (Å²) in [5.41, 5.74) is 0.651. The van der Waals surface area contributed by atoms with E-state index >= 15 is 0 Å². The highest BCUT2D eigenvalue weighted by molar-refractivity contribution is 5.78. The van der Waals surface area contributed by atoms with Crippen LogP contribution < -0.4 is 19.5 Å². The van der Waals surface area contributed by atoms with E-state index in [-0.39, 0.29) is 0 Å². The van der Waals surface area contributed by atoms with E-state index in [1.54, 1.807) is 18.2 Å². The monoisotopic (exact) mass is 295 g/mol. The van der Waals surface area contributed by atoms with Crippen LogP contribution in [-0.4, -0.2) is 41.0 Å². The number of ether oxygens (including phenoxy) is 4. The number of nitrogens with one attached hydrogen (secondary N) is 1. The van der Waals surface area contributed by atoms with Gasteiger partial charge in [0.2, 0.25) is 5.75 Å². The highest BCUT2D eigenvalue weighted by Crippen LogP contribution is 2.39. The van der Waals surface area contributed by atoms with Gasteiger partial charge in [0.25, 0.3) is 0 Å². The molecule has 0 radical (unpaired) electrons. The molecule has 0 aliphatic carbocycles. The SMILES string of the molecule is C=CCNC(C(=O)OC)c1cc(OC)c(OC)c(OC)c1. The molecule has 0 spiro atoms. The van der Waals surface area contributed by atoms with Gasteiger partial charge in [-0.05, 0) is 17.7 Å². The topological polar surface area (TPSA) is 66.0 Å². The fourth-order valence-electron chi connectivity index (χ4n) is 1.92. The van der Waals surface area contributed by atoms with Crippen LogP contribution >= 0.6 is 0 Å². The molecule has 0 fully saturated rings. The van der Waals surface area contributed by atoms with Gasteiger partial charge in [0.1, 0.15) is 6.04 Å². The fourth-order valence-corrected chi connectivity index (χ4v) is 1.92. The van der Waals surface area contributed by atoms with Crippen LogP contribution in [0.3, 0.4) is 0 Å². The molecule has 6 heteroatoms. The highest BCUT2D eigenvalue weighted by atomic mass is 16.5. The number of hydrogen-bond donors (Lipinski definition) is 1. The zero-order chi connectivity index (χ0) is 15.8. The first-order valence-corrected chi connectivity index (χ1v) is 6.34. The Kier molecular flexibility index (Phi) is 6.55. The van der Waals surface area contributed by atoms with Crippen molar-refractivity contribution in [3.8, 4) is 17.2 Å². The quantitative estimate of drug-likeness (QED) is 0.582. The minimum absolute atomic E-state index is 0.411. The summed E-state index contributed by atoms with van der Waals surface area (Å²) in [6.07, 6.45) is 1.66. The largest absolute Gasteiger partial charge is 0.493 e. The fraction of sp³-hybridized carbons (Fsp3) is 0.400. The minimum Gasteiger partial charge on any atom is -0.493 e. The Hall–Kier alpha value is -2.21. The normalized spacial score (nSPS) is 11.4. The van der Waals surface area contributed by atoms with Crippen molar-refractivity contribution in [1.82, 2.24) is 5.32 Å². The maximum Gasteiger partial charge on any atom is 0.327 e. The van der Waals surface area contributed by atoms with E-state index in [2.05, 4.69) is 11.9 Å². The van der Waals surface area contributed by atoms with Gasteiger partial charge < -0.3 is 18.9 Å². The molecule has 21 heavy (non-hydrogen) atoms. The van der Waals surface area contributed by atoms with E-state index in [9.17, 15) is 4.79 Å². The molecule has 0 amide bonds. The van der Waals surface area contributed by atoms with Gasteiger partial charge in [-0.3, -0.25) is 5.32 Å². The van der Waals surface area contributed by atoms with Gasteiger partial charge in [0.05, 0.1) is 28.4 Å². The number of methoxy groups -OCH3 is 4. The van der Waals surface area contributed by atoms with Crippen molar-refractivity contribution in [2.24, 2.45) is 0 Å². The van der Waals surface area contributed by atoms with Gasteiger partial charge in [-0.2, -0.15) is 0 Å². The van der Waals surface area contributed by atoms with E-state index < -0.39 is 12.0 Å². The predicted octanol–water partition coefficient (Wildman–Crippen LogP) is 1.70. The summed E-state index contributed by atoms with van der Waals surface area (Å²) in [5.74, 6) is 1.00. The first-order chi connectivity index (χ1) is 10.1. The molecule has 1 aromatic rings. The van der Waals surface area contributed by atoms with Gasteiger partial charge in [-0.1, -0.05) is 6.08 Å². The first kappa shape index (κ1) is 16.8. The van der Waals surface area contributed by atoms with Crippen molar-refractivity contribution < 1.29 is 23.7 Å². The first-order valence-electron chi connectivity index (χ1n) is 6.34. The van der Waals surface area contributed by atoms with Crippen molar-refractivity contribution in [1.29, 1.82) is 0 Å². The smallest absolute Gasteiger partial charge is 0.327 e. The highest BCUT2D eigenvalue weighted by Gasteiger charge is 2.24. The Bertz CT molecular complexity index is 476. The molecule has 1 rings (SSSR count). The lowest BCUT2D eigenvalue weighted by Crippen LogP contribution is -2.29. The second-order valence-corrected chi connectivity index (χ2v) is 4.11. The number of rotatable bonds is 8. The number of carbonyl (C=O) groups is 1. The van der Waals surface area contributed by atoms with Crippen LogP contribution in [0.25, 0.3) is 0 Å². The summed E-state index contributed by atoms with van der Waals surface area (Å²) >= 11 is 0. The molecular weight excluding hydrogens is 274 g/mol. The number of esters is 1. The molecule has 0 saturated carbocycles. The number of benzene rings is 1. The van der Waals surface area contributed by atoms with Crippen molar-refractivity contribution in [3.05, 3.63) is 30.4 Å². The van der Waals surface area contributed by atoms with Crippen LogP contribution in [0.2, 0.25) is 0 Å². The maximum atomic E-state index is 11.9. The summed E-state index contributed by atoms with van der Waals surface area (Å²) in [5, 5.41) is 3.03. The van der Waals surface area contributed by atoms with Gasteiger partial charge in [0, 0.05) is 6.54 Å². The second-order valence-electron chi connectivity index (χ2n) is 4.11. The predicted molar refractivity (Wildman–Crippen MR) is 79.1 cm³/mol. The molecule has 116 valence electrons. The third-order valence-corrected chi connectivity index (χ3v) is 2.92. The van der Waals surface area contributed by atoms with Crippen LogP contribution in [0.5, 0.6) is 17.2 Å². The van der Waals surface area contributed by atoms with E-state index in [0.717, 1.165) is 0 Å². The molecular formula is C15H21NO5. The molecule has 1 atom stereocenters. The third kappa shape index (κ3) is 3.88. The Labute approximate surface area is 124 Å².